The second-order valence-electron chi connectivity index (χ2n) is 8.49. The molecule has 3 atom stereocenters. The maximum Gasteiger partial charge on any atom is 0.219 e. The molecule has 0 bridgehead atoms. The lowest BCUT2D eigenvalue weighted by atomic mass is 9.86. The Morgan fingerprint density at radius 2 is 1.68 bits per heavy atom. The average molecular weight is 403 g/mol. The maximum absolute atomic E-state index is 13.2. The molecule has 6 heteroatoms. The van der Waals surface area contributed by atoms with E-state index in [4.69, 9.17) is 4.84 Å². The van der Waals surface area contributed by atoms with Gasteiger partial charge >= 0.3 is 0 Å². The van der Waals surface area contributed by atoms with Crippen LogP contribution in [0, 0.1) is 0 Å². The summed E-state index contributed by atoms with van der Waals surface area (Å²) in [5.74, 6) is 0. The van der Waals surface area contributed by atoms with Gasteiger partial charge in [-0.1, -0.05) is 75.4 Å². The Labute approximate surface area is 168 Å². The molecule has 0 radical (unpaired) electrons. The fourth-order valence-corrected chi connectivity index (χ4v) is 5.32. The van der Waals surface area contributed by atoms with E-state index in [9.17, 15) is 8.42 Å². The number of hydrogen-bond acceptors (Lipinski definition) is 4. The Balaban J connectivity index is 1.84. The zero-order valence-corrected chi connectivity index (χ0v) is 18.0. The molecule has 28 heavy (non-hydrogen) atoms. The largest absolute Gasteiger partial charge is 0.297 e. The molecule has 2 aromatic carbocycles. The summed E-state index contributed by atoms with van der Waals surface area (Å²) in [4.78, 5) is 5.62. The summed E-state index contributed by atoms with van der Waals surface area (Å²) in [6.45, 7) is 8.48. The number of nitrogens with zero attached hydrogens (tertiary/aromatic N) is 1. The Morgan fingerprint density at radius 3 is 2.25 bits per heavy atom. The third-order valence-corrected chi connectivity index (χ3v) is 7.22. The smallest absolute Gasteiger partial charge is 0.219 e. The Hall–Kier alpha value is -1.73. The van der Waals surface area contributed by atoms with Crippen LogP contribution < -0.4 is 4.72 Å². The van der Waals surface area contributed by atoms with Gasteiger partial charge in [0, 0.05) is 13.1 Å². The van der Waals surface area contributed by atoms with Crippen molar-refractivity contribution in [3.05, 3.63) is 71.3 Å². The SMILES string of the molecule is C[C@H](NS(=O)(=O)[C@H]1CON(C)[C@@H]1c1ccc(C(C)(C)C)cc1)c1ccccc1. The van der Waals surface area contributed by atoms with E-state index < -0.39 is 15.3 Å². The molecule has 0 unspecified atom stereocenters. The van der Waals surface area contributed by atoms with E-state index in [0.717, 1.165) is 11.1 Å². The molecule has 0 saturated carbocycles. The summed E-state index contributed by atoms with van der Waals surface area (Å²) >= 11 is 0. The number of nitrogens with one attached hydrogen (secondary N) is 1. The zero-order valence-electron chi connectivity index (χ0n) is 17.2. The van der Waals surface area contributed by atoms with Crippen LogP contribution >= 0.6 is 0 Å². The summed E-state index contributed by atoms with van der Waals surface area (Å²) in [5, 5.41) is 0.979. The van der Waals surface area contributed by atoms with E-state index in [1.165, 1.54) is 5.56 Å². The van der Waals surface area contributed by atoms with Crippen LogP contribution in [-0.4, -0.2) is 32.4 Å². The van der Waals surface area contributed by atoms with Crippen LogP contribution in [-0.2, 0) is 20.3 Å². The molecule has 1 N–H and O–H groups in total. The summed E-state index contributed by atoms with van der Waals surface area (Å²) in [6.07, 6.45) is 0. The molecule has 0 amide bonds. The van der Waals surface area contributed by atoms with E-state index in [0.29, 0.717) is 0 Å². The van der Waals surface area contributed by atoms with Gasteiger partial charge in [-0.3, -0.25) is 4.84 Å². The topological polar surface area (TPSA) is 58.6 Å². The van der Waals surface area contributed by atoms with Crippen molar-refractivity contribution in [2.45, 2.75) is 50.4 Å². The van der Waals surface area contributed by atoms with Crippen molar-refractivity contribution in [2.24, 2.45) is 0 Å². The molecule has 5 nitrogen and oxygen atoms in total. The Morgan fingerprint density at radius 1 is 1.07 bits per heavy atom. The van der Waals surface area contributed by atoms with Crippen LogP contribution in [0.1, 0.15) is 56.5 Å². The van der Waals surface area contributed by atoms with Crippen molar-refractivity contribution in [1.82, 2.24) is 9.79 Å². The highest BCUT2D eigenvalue weighted by Gasteiger charge is 2.43. The first-order valence-electron chi connectivity index (χ1n) is 9.62. The lowest BCUT2D eigenvalue weighted by Crippen LogP contribution is -2.40. The van der Waals surface area contributed by atoms with Crippen LogP contribution in [0.4, 0.5) is 0 Å². The quantitative estimate of drug-likeness (QED) is 0.823. The van der Waals surface area contributed by atoms with Gasteiger partial charge in [0.15, 0.2) is 0 Å². The number of benzene rings is 2. The van der Waals surface area contributed by atoms with Crippen LogP contribution in [0.15, 0.2) is 54.6 Å². The summed E-state index contributed by atoms with van der Waals surface area (Å²) < 4.78 is 29.1. The van der Waals surface area contributed by atoms with Gasteiger partial charge in [-0.25, -0.2) is 13.1 Å². The van der Waals surface area contributed by atoms with Gasteiger partial charge < -0.3 is 0 Å². The van der Waals surface area contributed by atoms with Crippen LogP contribution in [0.2, 0.25) is 0 Å². The van der Waals surface area contributed by atoms with Crippen molar-refractivity contribution in [2.75, 3.05) is 13.7 Å². The van der Waals surface area contributed by atoms with Crippen molar-refractivity contribution >= 4 is 10.0 Å². The van der Waals surface area contributed by atoms with E-state index in [2.05, 4.69) is 37.6 Å². The molecular formula is C22H30N2O3S. The zero-order chi connectivity index (χ0) is 20.5. The summed E-state index contributed by atoms with van der Waals surface area (Å²) in [5.41, 5.74) is 3.14. The molecule has 2 aromatic rings. The molecule has 0 aliphatic carbocycles. The number of hydrogen-bond donors (Lipinski definition) is 1. The van der Waals surface area contributed by atoms with Crippen LogP contribution in [0.3, 0.4) is 0 Å². The highest BCUT2D eigenvalue weighted by molar-refractivity contribution is 7.90. The first-order chi connectivity index (χ1) is 13.1. The molecule has 0 spiro atoms. The molecule has 1 saturated heterocycles. The minimum absolute atomic E-state index is 0.0504. The minimum Gasteiger partial charge on any atom is -0.297 e. The van der Waals surface area contributed by atoms with Crippen molar-refractivity contribution in [3.8, 4) is 0 Å². The van der Waals surface area contributed by atoms with Gasteiger partial charge in [-0.15, -0.1) is 0 Å². The molecule has 1 aliphatic heterocycles. The first kappa shape index (κ1) is 21.0. The normalized spacial score (nSPS) is 22.3. The van der Waals surface area contributed by atoms with E-state index in [-0.39, 0.29) is 24.1 Å². The van der Waals surface area contributed by atoms with E-state index in [1.54, 1.807) is 12.1 Å². The maximum atomic E-state index is 13.2. The average Bonchev–Trinajstić information content (AvgIpc) is 3.04. The van der Waals surface area contributed by atoms with Crippen molar-refractivity contribution < 1.29 is 13.3 Å². The van der Waals surface area contributed by atoms with E-state index in [1.807, 2.05) is 49.4 Å². The van der Waals surface area contributed by atoms with Gasteiger partial charge in [0.1, 0.15) is 5.25 Å². The predicted molar refractivity (Wildman–Crippen MR) is 112 cm³/mol. The monoisotopic (exact) mass is 402 g/mol. The van der Waals surface area contributed by atoms with Gasteiger partial charge in [-0.2, -0.15) is 5.06 Å². The number of sulfonamides is 1. The fourth-order valence-electron chi connectivity index (χ4n) is 3.60. The Kier molecular flexibility index (Phi) is 5.96. The van der Waals surface area contributed by atoms with Gasteiger partial charge in [0.2, 0.25) is 10.0 Å². The molecule has 1 heterocycles. The Bertz CT molecular complexity index is 890. The third-order valence-electron chi connectivity index (χ3n) is 5.34. The summed E-state index contributed by atoms with van der Waals surface area (Å²) in [6, 6.07) is 17.1. The number of rotatable bonds is 5. The second-order valence-corrected chi connectivity index (χ2v) is 10.4. The molecule has 0 aromatic heterocycles. The fraction of sp³-hybridized carbons (Fsp3) is 0.455. The predicted octanol–water partition coefficient (Wildman–Crippen LogP) is 3.95. The molecule has 1 fully saturated rings. The lowest BCUT2D eigenvalue weighted by Gasteiger charge is -2.26. The minimum atomic E-state index is -3.59. The van der Waals surface area contributed by atoms with Crippen LogP contribution in [0.25, 0.3) is 0 Å². The molecule has 1 aliphatic rings. The third kappa shape index (κ3) is 4.46. The highest BCUT2D eigenvalue weighted by atomic mass is 32.2. The molecular weight excluding hydrogens is 372 g/mol. The molecule has 152 valence electrons. The first-order valence-corrected chi connectivity index (χ1v) is 11.2. The number of hydroxylamine groups is 2. The van der Waals surface area contributed by atoms with Crippen molar-refractivity contribution in [3.63, 3.8) is 0 Å². The summed E-state index contributed by atoms with van der Waals surface area (Å²) in [7, 11) is -1.80. The van der Waals surface area contributed by atoms with E-state index >= 15 is 0 Å². The van der Waals surface area contributed by atoms with Crippen molar-refractivity contribution in [1.29, 1.82) is 0 Å². The molecule has 3 rings (SSSR count). The van der Waals surface area contributed by atoms with Gasteiger partial charge in [-0.05, 0) is 29.0 Å². The highest BCUT2D eigenvalue weighted by Crippen LogP contribution is 2.35. The van der Waals surface area contributed by atoms with Gasteiger partial charge in [0.25, 0.3) is 0 Å². The lowest BCUT2D eigenvalue weighted by molar-refractivity contribution is -0.110. The van der Waals surface area contributed by atoms with Gasteiger partial charge in [0.05, 0.1) is 12.6 Å². The standard InChI is InChI=1S/C22H30N2O3S/c1-16(17-9-7-6-8-10-17)23-28(25,26)20-15-27-24(5)21(20)18-11-13-19(14-12-18)22(2,3)4/h6-14,16,20-21,23H,15H2,1-5H3/t16-,20-,21+/m0/s1. The van der Waals surface area contributed by atoms with Crippen LogP contribution in [0.5, 0.6) is 0 Å². The second kappa shape index (κ2) is 7.95.